The van der Waals surface area contributed by atoms with Gasteiger partial charge < -0.3 is 4.90 Å². The zero-order chi connectivity index (χ0) is 12.8. The lowest BCUT2D eigenvalue weighted by atomic mass is 10.1. The van der Waals surface area contributed by atoms with Crippen molar-refractivity contribution in [1.82, 2.24) is 9.80 Å². The summed E-state index contributed by atoms with van der Waals surface area (Å²) >= 11 is 1.85. The molecule has 1 saturated heterocycles. The zero-order valence-corrected chi connectivity index (χ0v) is 12.4. The van der Waals surface area contributed by atoms with Gasteiger partial charge in [0.15, 0.2) is 0 Å². The van der Waals surface area contributed by atoms with E-state index in [4.69, 9.17) is 0 Å². The quantitative estimate of drug-likeness (QED) is 0.705. The molecule has 17 heavy (non-hydrogen) atoms. The number of rotatable bonds is 5. The van der Waals surface area contributed by atoms with Crippen LogP contribution >= 0.6 is 11.8 Å². The molecule has 0 saturated carbocycles. The predicted octanol–water partition coefficient (Wildman–Crippen LogP) is 2.07. The van der Waals surface area contributed by atoms with Gasteiger partial charge in [0.05, 0.1) is 0 Å². The minimum absolute atomic E-state index is 0.334. The number of carbonyl (C=O) groups excluding carboxylic acids is 1. The Balaban J connectivity index is 2.45. The molecule has 0 aromatic heterocycles. The Hall–Kier alpha value is -0.220. The van der Waals surface area contributed by atoms with Crippen LogP contribution in [-0.2, 0) is 4.79 Å². The molecule has 0 unspecified atom stereocenters. The fraction of sp³-hybridized carbons (Fsp3) is 0.923. The number of hydrogen-bond donors (Lipinski definition) is 0. The number of piperazine rings is 1. The van der Waals surface area contributed by atoms with E-state index in [0.717, 1.165) is 31.1 Å². The van der Waals surface area contributed by atoms with Crippen molar-refractivity contribution in [3.63, 3.8) is 0 Å². The van der Waals surface area contributed by atoms with Gasteiger partial charge in [0.2, 0.25) is 5.91 Å². The van der Waals surface area contributed by atoms with E-state index in [9.17, 15) is 4.79 Å². The smallest absolute Gasteiger partial charge is 0.223 e. The first-order chi connectivity index (χ1) is 8.10. The number of likely N-dealkylation sites (N-methyl/N-ethyl adjacent to an activating group) is 1. The molecule has 0 spiro atoms. The van der Waals surface area contributed by atoms with Crippen LogP contribution in [0.15, 0.2) is 0 Å². The molecule has 1 amide bonds. The summed E-state index contributed by atoms with van der Waals surface area (Å²) in [6.07, 6.45) is 0.696. The van der Waals surface area contributed by atoms with Gasteiger partial charge in [-0.2, -0.15) is 11.8 Å². The Morgan fingerprint density at radius 1 is 1.24 bits per heavy atom. The van der Waals surface area contributed by atoms with E-state index in [1.54, 1.807) is 0 Å². The number of amides is 1. The van der Waals surface area contributed by atoms with Crippen LogP contribution in [0.2, 0.25) is 0 Å². The highest BCUT2D eigenvalue weighted by Crippen LogP contribution is 2.16. The van der Waals surface area contributed by atoms with Crippen LogP contribution in [0.4, 0.5) is 0 Å². The normalized spacial score (nSPS) is 26.2. The highest BCUT2D eigenvalue weighted by Gasteiger charge is 2.30. The molecule has 1 aliphatic heterocycles. The molecule has 0 bridgehead atoms. The first kappa shape index (κ1) is 14.8. The first-order valence-electron chi connectivity index (χ1n) is 6.71. The van der Waals surface area contributed by atoms with Crippen molar-refractivity contribution in [3.05, 3.63) is 0 Å². The van der Waals surface area contributed by atoms with Crippen LogP contribution in [0.1, 0.15) is 34.1 Å². The average molecular weight is 258 g/mol. The Labute approximate surface area is 110 Å². The molecule has 1 fully saturated rings. The average Bonchev–Trinajstić information content (AvgIpc) is 2.31. The van der Waals surface area contributed by atoms with E-state index in [1.807, 2.05) is 11.8 Å². The second-order valence-electron chi connectivity index (χ2n) is 4.78. The van der Waals surface area contributed by atoms with Gasteiger partial charge in [-0.15, -0.1) is 0 Å². The molecule has 0 aromatic carbocycles. The van der Waals surface area contributed by atoms with Crippen LogP contribution < -0.4 is 0 Å². The van der Waals surface area contributed by atoms with Crippen molar-refractivity contribution in [2.45, 2.75) is 46.2 Å². The number of thioether (sulfide) groups is 1. The predicted molar refractivity (Wildman–Crippen MR) is 75.5 cm³/mol. The topological polar surface area (TPSA) is 23.6 Å². The Kier molecular flexibility index (Phi) is 6.34. The van der Waals surface area contributed by atoms with Crippen LogP contribution in [0.25, 0.3) is 0 Å². The van der Waals surface area contributed by atoms with Gasteiger partial charge in [-0.3, -0.25) is 9.69 Å². The van der Waals surface area contributed by atoms with Crippen molar-refractivity contribution >= 4 is 17.7 Å². The van der Waals surface area contributed by atoms with E-state index in [2.05, 4.69) is 37.5 Å². The molecule has 0 N–H and O–H groups in total. The second kappa shape index (κ2) is 7.27. The van der Waals surface area contributed by atoms with Crippen LogP contribution in [0, 0.1) is 0 Å². The summed E-state index contributed by atoms with van der Waals surface area (Å²) in [5.74, 6) is 2.40. The summed E-state index contributed by atoms with van der Waals surface area (Å²) in [5, 5.41) is 0. The summed E-state index contributed by atoms with van der Waals surface area (Å²) in [4.78, 5) is 16.6. The first-order valence-corrected chi connectivity index (χ1v) is 7.86. The molecule has 3 nitrogen and oxygen atoms in total. The summed E-state index contributed by atoms with van der Waals surface area (Å²) in [5.41, 5.74) is 0. The number of hydrogen-bond acceptors (Lipinski definition) is 3. The van der Waals surface area contributed by atoms with Gasteiger partial charge in [-0.25, -0.2) is 0 Å². The Bertz CT molecular complexity index is 248. The van der Waals surface area contributed by atoms with Crippen molar-refractivity contribution in [3.8, 4) is 0 Å². The maximum Gasteiger partial charge on any atom is 0.223 e. The third-order valence-corrected chi connectivity index (χ3v) is 4.41. The maximum atomic E-state index is 12.1. The highest BCUT2D eigenvalue weighted by atomic mass is 32.2. The standard InChI is InChI=1S/C13H26N2OS/c1-5-14-9-12(4)15(10-11(14)3)13(16)7-8-17-6-2/h11-12H,5-10H2,1-4H3/t11-,12-/m1/s1. The summed E-state index contributed by atoms with van der Waals surface area (Å²) in [7, 11) is 0. The maximum absolute atomic E-state index is 12.1. The van der Waals surface area contributed by atoms with Crippen LogP contribution in [0.3, 0.4) is 0 Å². The molecule has 1 rings (SSSR count). The van der Waals surface area contributed by atoms with E-state index >= 15 is 0 Å². The monoisotopic (exact) mass is 258 g/mol. The lowest BCUT2D eigenvalue weighted by Crippen LogP contribution is -2.57. The molecular formula is C13H26N2OS. The summed E-state index contributed by atoms with van der Waals surface area (Å²) < 4.78 is 0. The molecule has 100 valence electrons. The van der Waals surface area contributed by atoms with Crippen molar-refractivity contribution in [2.24, 2.45) is 0 Å². The largest absolute Gasteiger partial charge is 0.337 e. The molecule has 1 heterocycles. The molecule has 1 aliphatic rings. The summed E-state index contributed by atoms with van der Waals surface area (Å²) in [6.45, 7) is 11.7. The van der Waals surface area contributed by atoms with Gasteiger partial charge in [0.25, 0.3) is 0 Å². The van der Waals surface area contributed by atoms with Gasteiger partial charge in [-0.05, 0) is 26.1 Å². The number of nitrogens with zero attached hydrogens (tertiary/aromatic N) is 2. The van der Waals surface area contributed by atoms with E-state index in [-0.39, 0.29) is 0 Å². The van der Waals surface area contributed by atoms with Crippen molar-refractivity contribution in [2.75, 3.05) is 31.1 Å². The molecule has 0 aliphatic carbocycles. The van der Waals surface area contributed by atoms with Gasteiger partial charge >= 0.3 is 0 Å². The fourth-order valence-electron chi connectivity index (χ4n) is 2.43. The lowest BCUT2D eigenvalue weighted by Gasteiger charge is -2.43. The minimum Gasteiger partial charge on any atom is -0.337 e. The van der Waals surface area contributed by atoms with E-state index in [1.165, 1.54) is 0 Å². The van der Waals surface area contributed by atoms with E-state index < -0.39 is 0 Å². The second-order valence-corrected chi connectivity index (χ2v) is 6.17. The highest BCUT2D eigenvalue weighted by molar-refractivity contribution is 7.99. The minimum atomic E-state index is 0.334. The molecule has 2 atom stereocenters. The van der Waals surface area contributed by atoms with Crippen LogP contribution in [-0.4, -0.2) is 58.9 Å². The lowest BCUT2D eigenvalue weighted by molar-refractivity contribution is -0.136. The molecular weight excluding hydrogens is 232 g/mol. The van der Waals surface area contributed by atoms with Gasteiger partial charge in [0.1, 0.15) is 0 Å². The zero-order valence-electron chi connectivity index (χ0n) is 11.6. The van der Waals surface area contributed by atoms with Crippen molar-refractivity contribution in [1.29, 1.82) is 0 Å². The molecule has 0 aromatic rings. The fourth-order valence-corrected chi connectivity index (χ4v) is 3.04. The molecule has 0 radical (unpaired) electrons. The molecule has 4 heteroatoms. The Morgan fingerprint density at radius 3 is 2.53 bits per heavy atom. The summed E-state index contributed by atoms with van der Waals surface area (Å²) in [6, 6.07) is 0.865. The third-order valence-electron chi connectivity index (χ3n) is 3.51. The third kappa shape index (κ3) is 4.18. The number of carbonyl (C=O) groups is 1. The van der Waals surface area contributed by atoms with Gasteiger partial charge in [0, 0.05) is 37.3 Å². The Morgan fingerprint density at radius 2 is 1.94 bits per heavy atom. The van der Waals surface area contributed by atoms with Crippen molar-refractivity contribution < 1.29 is 4.79 Å². The van der Waals surface area contributed by atoms with Gasteiger partial charge in [-0.1, -0.05) is 13.8 Å². The van der Waals surface area contributed by atoms with E-state index in [0.29, 0.717) is 24.4 Å². The SMILES string of the molecule is CCSCCC(=O)N1C[C@@H](C)N(CC)C[C@H]1C. The van der Waals surface area contributed by atoms with Crippen LogP contribution in [0.5, 0.6) is 0 Å².